The fourth-order valence-electron chi connectivity index (χ4n) is 5.14. The Balaban J connectivity index is 1.44. The largest absolute Gasteiger partial charge is 0.450 e. The molecule has 2 amide bonds. The van der Waals surface area contributed by atoms with Crippen LogP contribution >= 0.6 is 0 Å². The highest BCUT2D eigenvalue weighted by Gasteiger charge is 2.51. The standard InChI is InChI=1S/C19H33N3O3/c1-4-22(15(3)23)16-6-9-20(10-7-16)17-12-19(13-17)8-11-21(14-19)18(24)25-5-2/h16-17H,4-14H2,1-3H3. The summed E-state index contributed by atoms with van der Waals surface area (Å²) < 4.78 is 5.14. The van der Waals surface area contributed by atoms with E-state index in [1.165, 1.54) is 12.8 Å². The summed E-state index contributed by atoms with van der Waals surface area (Å²) in [7, 11) is 0. The van der Waals surface area contributed by atoms with E-state index in [1.54, 1.807) is 6.92 Å². The zero-order chi connectivity index (χ0) is 18.0. The minimum absolute atomic E-state index is 0.146. The predicted molar refractivity (Wildman–Crippen MR) is 96.3 cm³/mol. The molecule has 1 saturated carbocycles. The van der Waals surface area contributed by atoms with Gasteiger partial charge < -0.3 is 19.4 Å². The number of nitrogens with zero attached hydrogens (tertiary/aromatic N) is 3. The van der Waals surface area contributed by atoms with Crippen molar-refractivity contribution in [3.63, 3.8) is 0 Å². The summed E-state index contributed by atoms with van der Waals surface area (Å²) in [5.41, 5.74) is 0.336. The van der Waals surface area contributed by atoms with Gasteiger partial charge in [0.05, 0.1) is 6.61 Å². The zero-order valence-corrected chi connectivity index (χ0v) is 16.0. The van der Waals surface area contributed by atoms with Crippen molar-refractivity contribution in [1.82, 2.24) is 14.7 Å². The second kappa shape index (κ2) is 7.52. The molecule has 2 saturated heterocycles. The van der Waals surface area contributed by atoms with Crippen molar-refractivity contribution in [2.24, 2.45) is 5.41 Å². The molecule has 2 heterocycles. The number of carbonyl (C=O) groups excluding carboxylic acids is 2. The van der Waals surface area contributed by atoms with Crippen molar-refractivity contribution in [1.29, 1.82) is 0 Å². The fourth-order valence-corrected chi connectivity index (χ4v) is 5.14. The maximum atomic E-state index is 11.9. The molecule has 25 heavy (non-hydrogen) atoms. The fraction of sp³-hybridized carbons (Fsp3) is 0.895. The summed E-state index contributed by atoms with van der Waals surface area (Å²) in [5, 5.41) is 0. The summed E-state index contributed by atoms with van der Waals surface area (Å²) in [4.78, 5) is 30.2. The van der Waals surface area contributed by atoms with Gasteiger partial charge in [-0.25, -0.2) is 4.79 Å². The van der Waals surface area contributed by atoms with Crippen molar-refractivity contribution >= 4 is 12.0 Å². The van der Waals surface area contributed by atoms with Crippen molar-refractivity contribution in [3.05, 3.63) is 0 Å². The highest BCUT2D eigenvalue weighted by Crippen LogP contribution is 2.50. The number of hydrogen-bond acceptors (Lipinski definition) is 4. The van der Waals surface area contributed by atoms with E-state index in [-0.39, 0.29) is 12.0 Å². The number of likely N-dealkylation sites (tertiary alicyclic amines) is 2. The van der Waals surface area contributed by atoms with Crippen LogP contribution in [0.5, 0.6) is 0 Å². The average Bonchev–Trinajstić information content (AvgIpc) is 3.01. The molecule has 142 valence electrons. The van der Waals surface area contributed by atoms with Gasteiger partial charge in [-0.2, -0.15) is 0 Å². The highest BCUT2D eigenvalue weighted by molar-refractivity contribution is 5.73. The summed E-state index contributed by atoms with van der Waals surface area (Å²) >= 11 is 0. The molecule has 0 radical (unpaired) electrons. The lowest BCUT2D eigenvalue weighted by Gasteiger charge is -2.52. The first-order valence-corrected chi connectivity index (χ1v) is 9.91. The molecular weight excluding hydrogens is 318 g/mol. The average molecular weight is 351 g/mol. The van der Waals surface area contributed by atoms with E-state index >= 15 is 0 Å². The first-order valence-electron chi connectivity index (χ1n) is 9.91. The Hall–Kier alpha value is -1.30. The number of piperidine rings is 1. The molecule has 0 unspecified atom stereocenters. The Kier molecular flexibility index (Phi) is 5.56. The van der Waals surface area contributed by atoms with Crippen molar-refractivity contribution in [2.75, 3.05) is 39.3 Å². The third-order valence-corrected chi connectivity index (χ3v) is 6.50. The molecule has 0 aromatic carbocycles. The van der Waals surface area contributed by atoms with Crippen LogP contribution in [0.3, 0.4) is 0 Å². The molecule has 0 aromatic rings. The van der Waals surface area contributed by atoms with Crippen LogP contribution in [0.1, 0.15) is 52.9 Å². The lowest BCUT2D eigenvalue weighted by Crippen LogP contribution is -2.56. The van der Waals surface area contributed by atoms with Gasteiger partial charge in [0, 0.05) is 51.7 Å². The molecule has 1 spiro atoms. The van der Waals surface area contributed by atoms with Crippen LogP contribution in [0.2, 0.25) is 0 Å². The van der Waals surface area contributed by atoms with Crippen LogP contribution in [0.25, 0.3) is 0 Å². The van der Waals surface area contributed by atoms with E-state index in [2.05, 4.69) is 11.8 Å². The normalized spacial score (nSPS) is 30.4. The van der Waals surface area contributed by atoms with Crippen molar-refractivity contribution in [2.45, 2.75) is 65.0 Å². The van der Waals surface area contributed by atoms with Crippen LogP contribution in [-0.2, 0) is 9.53 Å². The van der Waals surface area contributed by atoms with E-state index in [0.29, 0.717) is 24.1 Å². The third-order valence-electron chi connectivity index (χ3n) is 6.50. The van der Waals surface area contributed by atoms with Gasteiger partial charge in [0.15, 0.2) is 0 Å². The Morgan fingerprint density at radius 3 is 2.40 bits per heavy atom. The molecule has 3 fully saturated rings. The van der Waals surface area contributed by atoms with Crippen LogP contribution in [0.4, 0.5) is 4.79 Å². The third kappa shape index (κ3) is 3.78. The number of ether oxygens (including phenoxy) is 1. The van der Waals surface area contributed by atoms with Gasteiger partial charge in [0.2, 0.25) is 5.91 Å². The number of carbonyl (C=O) groups is 2. The summed E-state index contributed by atoms with van der Waals surface area (Å²) in [6, 6.07) is 1.08. The molecule has 2 aliphatic heterocycles. The summed E-state index contributed by atoms with van der Waals surface area (Å²) in [6.45, 7) is 10.8. The molecule has 0 bridgehead atoms. The van der Waals surface area contributed by atoms with Gasteiger partial charge in [-0.3, -0.25) is 4.79 Å². The smallest absolute Gasteiger partial charge is 0.409 e. The van der Waals surface area contributed by atoms with Gasteiger partial charge in [0.25, 0.3) is 0 Å². The van der Waals surface area contributed by atoms with Crippen LogP contribution in [0, 0.1) is 5.41 Å². The molecule has 0 N–H and O–H groups in total. The Morgan fingerprint density at radius 2 is 1.84 bits per heavy atom. The van der Waals surface area contributed by atoms with E-state index in [1.807, 2.05) is 16.7 Å². The maximum absolute atomic E-state index is 11.9. The molecule has 6 heteroatoms. The van der Waals surface area contributed by atoms with Crippen LogP contribution in [-0.4, -0.2) is 78.1 Å². The lowest BCUT2D eigenvalue weighted by molar-refractivity contribution is -0.132. The van der Waals surface area contributed by atoms with Gasteiger partial charge in [0.1, 0.15) is 0 Å². The molecule has 3 rings (SSSR count). The monoisotopic (exact) mass is 351 g/mol. The first kappa shape index (κ1) is 18.5. The maximum Gasteiger partial charge on any atom is 0.409 e. The minimum Gasteiger partial charge on any atom is -0.450 e. The quantitative estimate of drug-likeness (QED) is 0.780. The minimum atomic E-state index is -0.146. The van der Waals surface area contributed by atoms with Crippen LogP contribution in [0.15, 0.2) is 0 Å². The van der Waals surface area contributed by atoms with E-state index in [0.717, 1.165) is 52.0 Å². The molecule has 0 atom stereocenters. The van der Waals surface area contributed by atoms with Gasteiger partial charge >= 0.3 is 6.09 Å². The van der Waals surface area contributed by atoms with E-state index in [9.17, 15) is 9.59 Å². The van der Waals surface area contributed by atoms with Crippen LogP contribution < -0.4 is 0 Å². The van der Waals surface area contributed by atoms with E-state index < -0.39 is 0 Å². The van der Waals surface area contributed by atoms with Crippen molar-refractivity contribution < 1.29 is 14.3 Å². The highest BCUT2D eigenvalue weighted by atomic mass is 16.6. The molecule has 0 aromatic heterocycles. The van der Waals surface area contributed by atoms with E-state index in [4.69, 9.17) is 4.74 Å². The van der Waals surface area contributed by atoms with Gasteiger partial charge in [-0.15, -0.1) is 0 Å². The second-order valence-electron chi connectivity index (χ2n) is 8.00. The number of amides is 2. The predicted octanol–water partition coefficient (Wildman–Crippen LogP) is 2.33. The van der Waals surface area contributed by atoms with Crippen molar-refractivity contribution in [3.8, 4) is 0 Å². The molecular formula is C19H33N3O3. The molecule has 3 aliphatic rings. The second-order valence-corrected chi connectivity index (χ2v) is 8.00. The molecule has 6 nitrogen and oxygen atoms in total. The Morgan fingerprint density at radius 1 is 1.16 bits per heavy atom. The first-order chi connectivity index (χ1) is 12.0. The summed E-state index contributed by atoms with van der Waals surface area (Å²) in [6.07, 6.45) is 5.56. The zero-order valence-electron chi connectivity index (χ0n) is 16.0. The topological polar surface area (TPSA) is 53.1 Å². The Labute approximate surface area is 151 Å². The lowest BCUT2D eigenvalue weighted by atomic mass is 9.64. The Bertz CT molecular complexity index is 496. The number of rotatable bonds is 4. The number of hydrogen-bond donors (Lipinski definition) is 0. The van der Waals surface area contributed by atoms with Gasteiger partial charge in [-0.1, -0.05) is 0 Å². The molecule has 1 aliphatic carbocycles. The van der Waals surface area contributed by atoms with Gasteiger partial charge in [-0.05, 0) is 51.4 Å². The SMILES string of the molecule is CCOC(=O)N1CCC2(CC(N3CCC(N(CC)C(C)=O)CC3)C2)C1. The summed E-state index contributed by atoms with van der Waals surface area (Å²) in [5.74, 6) is 0.202.